The van der Waals surface area contributed by atoms with Gasteiger partial charge < -0.3 is 15.2 Å². The molecule has 0 radical (unpaired) electrons. The lowest BCUT2D eigenvalue weighted by Gasteiger charge is -2.11. The number of benzene rings is 1. The molecule has 106 valence electrons. The van der Waals surface area contributed by atoms with Gasteiger partial charge in [-0.3, -0.25) is 4.99 Å². The van der Waals surface area contributed by atoms with Gasteiger partial charge in [0.05, 0.1) is 6.54 Å². The Hall–Kier alpha value is -2.37. The molecule has 0 atom stereocenters. The van der Waals surface area contributed by atoms with Gasteiger partial charge in [0.2, 0.25) is 0 Å². The molecular weight excluding hydrogens is 252 g/mol. The van der Waals surface area contributed by atoms with E-state index in [0.29, 0.717) is 6.54 Å². The van der Waals surface area contributed by atoms with E-state index >= 15 is 0 Å². The molecule has 6 heteroatoms. The summed E-state index contributed by atoms with van der Waals surface area (Å²) in [6.07, 6.45) is 1.68. The molecule has 0 saturated heterocycles. The highest BCUT2D eigenvalue weighted by atomic mass is 15.3. The highest BCUT2D eigenvalue weighted by Gasteiger charge is 2.02. The molecule has 0 amide bonds. The number of nitrogens with one attached hydrogen (secondary N) is 2. The van der Waals surface area contributed by atoms with E-state index in [1.165, 1.54) is 11.1 Å². The number of hydrogen-bond acceptors (Lipinski definition) is 3. The summed E-state index contributed by atoms with van der Waals surface area (Å²) in [6.45, 7) is 3.41. The van der Waals surface area contributed by atoms with Gasteiger partial charge in [-0.25, -0.2) is 0 Å². The highest BCUT2D eigenvalue weighted by Crippen LogP contribution is 2.03. The molecule has 0 spiro atoms. The van der Waals surface area contributed by atoms with E-state index in [1.54, 1.807) is 13.4 Å². The maximum atomic E-state index is 4.19. The molecule has 0 aliphatic carbocycles. The minimum atomic E-state index is 0.587. The molecule has 1 aromatic heterocycles. The minimum absolute atomic E-state index is 0.587. The maximum absolute atomic E-state index is 4.19. The summed E-state index contributed by atoms with van der Waals surface area (Å²) in [5, 5.41) is 14.4. The lowest BCUT2D eigenvalue weighted by molar-refractivity contribution is 0.725. The van der Waals surface area contributed by atoms with Crippen molar-refractivity contribution in [2.75, 3.05) is 7.05 Å². The average molecular weight is 272 g/mol. The third kappa shape index (κ3) is 3.81. The van der Waals surface area contributed by atoms with Gasteiger partial charge in [0, 0.05) is 20.6 Å². The standard InChI is InChI=1S/C14H20N6/c1-11-5-4-6-12(7-11)8-16-14(15-2)17-9-13-19-18-10-20(13)3/h4-7,10H,8-9H2,1-3H3,(H2,15,16,17). The van der Waals surface area contributed by atoms with Crippen molar-refractivity contribution in [1.82, 2.24) is 25.4 Å². The molecule has 2 rings (SSSR count). The predicted molar refractivity (Wildman–Crippen MR) is 79.2 cm³/mol. The summed E-state index contributed by atoms with van der Waals surface area (Å²) >= 11 is 0. The topological polar surface area (TPSA) is 67.1 Å². The first-order valence-corrected chi connectivity index (χ1v) is 6.52. The van der Waals surface area contributed by atoms with E-state index in [4.69, 9.17) is 0 Å². The molecule has 20 heavy (non-hydrogen) atoms. The van der Waals surface area contributed by atoms with Crippen LogP contribution in [0, 0.1) is 6.92 Å². The lowest BCUT2D eigenvalue weighted by atomic mass is 10.1. The Morgan fingerprint density at radius 1 is 1.30 bits per heavy atom. The summed E-state index contributed by atoms with van der Waals surface area (Å²) < 4.78 is 1.88. The minimum Gasteiger partial charge on any atom is -0.352 e. The normalized spacial score (nSPS) is 11.4. The summed E-state index contributed by atoms with van der Waals surface area (Å²) in [6, 6.07) is 8.39. The Morgan fingerprint density at radius 3 is 2.75 bits per heavy atom. The van der Waals surface area contributed by atoms with Gasteiger partial charge in [-0.05, 0) is 12.5 Å². The Bertz CT molecular complexity index is 587. The van der Waals surface area contributed by atoms with Crippen LogP contribution in [0.15, 0.2) is 35.6 Å². The Kier molecular flexibility index (Phi) is 4.70. The number of aryl methyl sites for hydroxylation is 2. The highest BCUT2D eigenvalue weighted by molar-refractivity contribution is 5.79. The molecule has 0 aliphatic rings. The third-order valence-corrected chi connectivity index (χ3v) is 2.99. The van der Waals surface area contributed by atoms with Crippen LogP contribution in [-0.4, -0.2) is 27.8 Å². The van der Waals surface area contributed by atoms with E-state index in [2.05, 4.69) is 57.0 Å². The van der Waals surface area contributed by atoms with Crippen LogP contribution >= 0.6 is 0 Å². The third-order valence-electron chi connectivity index (χ3n) is 2.99. The quantitative estimate of drug-likeness (QED) is 0.643. The fourth-order valence-electron chi connectivity index (χ4n) is 1.86. The Labute approximate surface area is 119 Å². The first kappa shape index (κ1) is 14.0. The van der Waals surface area contributed by atoms with Gasteiger partial charge in [-0.2, -0.15) is 0 Å². The van der Waals surface area contributed by atoms with Crippen molar-refractivity contribution in [2.24, 2.45) is 12.0 Å². The van der Waals surface area contributed by atoms with Crippen LogP contribution in [0.4, 0.5) is 0 Å². The lowest BCUT2D eigenvalue weighted by Crippen LogP contribution is -2.36. The van der Waals surface area contributed by atoms with Gasteiger partial charge in [-0.1, -0.05) is 29.8 Å². The van der Waals surface area contributed by atoms with Crippen molar-refractivity contribution in [3.05, 3.63) is 47.5 Å². The van der Waals surface area contributed by atoms with Crippen molar-refractivity contribution < 1.29 is 0 Å². The van der Waals surface area contributed by atoms with Crippen LogP contribution in [0.1, 0.15) is 17.0 Å². The van der Waals surface area contributed by atoms with E-state index in [9.17, 15) is 0 Å². The Balaban J connectivity index is 1.85. The largest absolute Gasteiger partial charge is 0.352 e. The van der Waals surface area contributed by atoms with Crippen molar-refractivity contribution in [1.29, 1.82) is 0 Å². The molecule has 1 aromatic carbocycles. The molecule has 1 heterocycles. The van der Waals surface area contributed by atoms with E-state index in [1.807, 2.05) is 11.6 Å². The van der Waals surface area contributed by atoms with Crippen LogP contribution in [0.3, 0.4) is 0 Å². The smallest absolute Gasteiger partial charge is 0.191 e. The fraction of sp³-hybridized carbons (Fsp3) is 0.357. The molecule has 2 N–H and O–H groups in total. The van der Waals surface area contributed by atoms with Crippen molar-refractivity contribution in [3.8, 4) is 0 Å². The van der Waals surface area contributed by atoms with Crippen LogP contribution in [0.5, 0.6) is 0 Å². The van der Waals surface area contributed by atoms with Gasteiger partial charge in [0.15, 0.2) is 11.8 Å². The molecular formula is C14H20N6. The monoisotopic (exact) mass is 272 g/mol. The number of rotatable bonds is 4. The van der Waals surface area contributed by atoms with Gasteiger partial charge in [0.25, 0.3) is 0 Å². The molecule has 0 bridgehead atoms. The van der Waals surface area contributed by atoms with Crippen LogP contribution in [0.2, 0.25) is 0 Å². The van der Waals surface area contributed by atoms with Crippen molar-refractivity contribution in [3.63, 3.8) is 0 Å². The zero-order valence-electron chi connectivity index (χ0n) is 12.1. The molecule has 2 aromatic rings. The molecule has 6 nitrogen and oxygen atoms in total. The van der Waals surface area contributed by atoms with E-state index < -0.39 is 0 Å². The predicted octanol–water partition coefficient (Wildman–Crippen LogP) is 0.989. The first-order chi connectivity index (χ1) is 9.69. The number of aliphatic imine (C=N–C) groups is 1. The maximum Gasteiger partial charge on any atom is 0.191 e. The van der Waals surface area contributed by atoms with Crippen LogP contribution in [-0.2, 0) is 20.1 Å². The van der Waals surface area contributed by atoms with Crippen molar-refractivity contribution >= 4 is 5.96 Å². The van der Waals surface area contributed by atoms with Gasteiger partial charge >= 0.3 is 0 Å². The summed E-state index contributed by atoms with van der Waals surface area (Å²) in [5.74, 6) is 1.61. The van der Waals surface area contributed by atoms with Gasteiger partial charge in [-0.15, -0.1) is 10.2 Å². The van der Waals surface area contributed by atoms with E-state index in [-0.39, 0.29) is 0 Å². The fourth-order valence-corrected chi connectivity index (χ4v) is 1.86. The number of aromatic nitrogens is 3. The number of hydrogen-bond donors (Lipinski definition) is 2. The van der Waals surface area contributed by atoms with E-state index in [0.717, 1.165) is 18.3 Å². The van der Waals surface area contributed by atoms with Gasteiger partial charge in [0.1, 0.15) is 6.33 Å². The second kappa shape index (κ2) is 6.70. The summed E-state index contributed by atoms with van der Waals surface area (Å²) in [4.78, 5) is 4.19. The second-order valence-electron chi connectivity index (χ2n) is 4.63. The SMILES string of the molecule is CN=C(NCc1cccc(C)c1)NCc1nncn1C. The molecule has 0 unspecified atom stereocenters. The van der Waals surface area contributed by atoms with Crippen molar-refractivity contribution in [2.45, 2.75) is 20.0 Å². The van der Waals surface area contributed by atoms with Crippen LogP contribution in [0.25, 0.3) is 0 Å². The molecule has 0 fully saturated rings. The zero-order valence-corrected chi connectivity index (χ0v) is 12.1. The Morgan fingerprint density at radius 2 is 2.10 bits per heavy atom. The summed E-state index contributed by atoms with van der Waals surface area (Å²) in [7, 11) is 3.67. The molecule has 0 aliphatic heterocycles. The average Bonchev–Trinajstić information content (AvgIpc) is 2.85. The summed E-state index contributed by atoms with van der Waals surface area (Å²) in [5.41, 5.74) is 2.48. The molecule has 0 saturated carbocycles. The second-order valence-corrected chi connectivity index (χ2v) is 4.63. The van der Waals surface area contributed by atoms with Crippen LogP contribution < -0.4 is 10.6 Å². The number of nitrogens with zero attached hydrogens (tertiary/aromatic N) is 4. The first-order valence-electron chi connectivity index (χ1n) is 6.52. The number of guanidine groups is 1. The zero-order chi connectivity index (χ0) is 14.4.